The number of furan rings is 1. The quantitative estimate of drug-likeness (QED) is 0.363. The molecule has 2 amide bonds. The highest BCUT2D eigenvalue weighted by molar-refractivity contribution is 6.18. The van der Waals surface area contributed by atoms with Crippen LogP contribution in [-0.2, 0) is 11.3 Å². The van der Waals surface area contributed by atoms with Crippen molar-refractivity contribution in [3.05, 3.63) is 29.1 Å². The molecule has 0 aromatic carbocycles. The molecule has 0 aliphatic carbocycles. The number of hydrogen-bond acceptors (Lipinski definition) is 8. The minimum Gasteiger partial charge on any atom is -0.467 e. The summed E-state index contributed by atoms with van der Waals surface area (Å²) in [5, 5.41) is 32.7. The first-order valence-electron chi connectivity index (χ1n) is 7.15. The lowest BCUT2D eigenvalue weighted by Gasteiger charge is -2.41. The molecule has 24 heavy (non-hydrogen) atoms. The lowest BCUT2D eigenvalue weighted by molar-refractivity contribution is -0.222. The van der Waals surface area contributed by atoms with Crippen LogP contribution in [0.4, 0.5) is 4.79 Å². The van der Waals surface area contributed by atoms with Gasteiger partial charge >= 0.3 is 6.03 Å². The zero-order chi connectivity index (χ0) is 17.7. The summed E-state index contributed by atoms with van der Waals surface area (Å²) in [5.41, 5.74) is 0. The molecule has 1 unspecified atom stereocenters. The monoisotopic (exact) mass is 363 g/mol. The second-order valence-corrected chi connectivity index (χ2v) is 5.53. The number of hydrogen-bond donors (Lipinski definition) is 3. The van der Waals surface area contributed by atoms with Gasteiger partial charge in [0.2, 0.25) is 0 Å². The lowest BCUT2D eigenvalue weighted by atomic mass is 10.0. The van der Waals surface area contributed by atoms with Gasteiger partial charge in [-0.2, -0.15) is 5.01 Å². The average Bonchev–Trinajstić information content (AvgIpc) is 3.09. The summed E-state index contributed by atoms with van der Waals surface area (Å²) < 4.78 is 10.4. The van der Waals surface area contributed by atoms with E-state index in [9.17, 15) is 25.0 Å². The summed E-state index contributed by atoms with van der Waals surface area (Å²) in [6.45, 7) is -0.591. The van der Waals surface area contributed by atoms with Crippen LogP contribution in [-0.4, -0.2) is 74.8 Å². The molecule has 2 heterocycles. The van der Waals surface area contributed by atoms with Crippen LogP contribution < -0.4 is 0 Å². The van der Waals surface area contributed by atoms with E-state index >= 15 is 0 Å². The van der Waals surface area contributed by atoms with Gasteiger partial charge in [-0.05, 0) is 12.1 Å². The van der Waals surface area contributed by atoms with Gasteiger partial charge in [0.1, 0.15) is 24.1 Å². The van der Waals surface area contributed by atoms with Crippen molar-refractivity contribution in [2.75, 3.05) is 19.0 Å². The van der Waals surface area contributed by atoms with E-state index < -0.39 is 30.6 Å². The maximum absolute atomic E-state index is 12.5. The second kappa shape index (κ2) is 8.40. The second-order valence-electron chi connectivity index (χ2n) is 5.16. The zero-order valence-corrected chi connectivity index (χ0v) is 13.3. The third-order valence-electron chi connectivity index (χ3n) is 3.55. The Morgan fingerprint density at radius 1 is 1.38 bits per heavy atom. The third kappa shape index (κ3) is 4.02. The van der Waals surface area contributed by atoms with Crippen molar-refractivity contribution in [1.29, 1.82) is 0 Å². The number of rotatable bonds is 6. The third-order valence-corrected chi connectivity index (χ3v) is 3.72. The zero-order valence-electron chi connectivity index (χ0n) is 12.6. The molecule has 11 heteroatoms. The lowest BCUT2D eigenvalue weighted by Crippen LogP contribution is -2.61. The van der Waals surface area contributed by atoms with E-state index in [0.29, 0.717) is 10.8 Å². The molecule has 2 rings (SSSR count). The number of carbonyl (C=O) groups excluding carboxylic acids is 1. The fourth-order valence-electron chi connectivity index (χ4n) is 2.30. The summed E-state index contributed by atoms with van der Waals surface area (Å²) in [5.74, 6) is 0.332. The van der Waals surface area contributed by atoms with Gasteiger partial charge in [-0.15, -0.1) is 16.5 Å². The molecule has 4 atom stereocenters. The van der Waals surface area contributed by atoms with E-state index in [1.165, 1.54) is 6.26 Å². The Hall–Kier alpha value is -1.72. The Morgan fingerprint density at radius 3 is 2.71 bits per heavy atom. The molecule has 3 N–H and O–H groups in total. The van der Waals surface area contributed by atoms with E-state index in [2.05, 4.69) is 5.29 Å². The van der Waals surface area contributed by atoms with Crippen LogP contribution in [0.5, 0.6) is 0 Å². The van der Waals surface area contributed by atoms with Crippen LogP contribution >= 0.6 is 11.6 Å². The summed E-state index contributed by atoms with van der Waals surface area (Å²) in [4.78, 5) is 24.4. The van der Waals surface area contributed by atoms with Gasteiger partial charge in [-0.1, -0.05) is 0 Å². The molecule has 1 aromatic rings. The van der Waals surface area contributed by atoms with Crippen molar-refractivity contribution in [3.63, 3.8) is 0 Å². The standard InChI is InChI=1S/C13H18ClN3O7/c14-3-4-17(15-22)13(21)16(6-8-2-1-5-23-8)12-11(20)10(19)9(18)7-24-12/h1-2,5,9-12,18-20H,3-4,6-7H2/t9-,10-,11-,12?/m1/s1. The number of aliphatic hydroxyl groups excluding tert-OH is 3. The fourth-order valence-corrected chi connectivity index (χ4v) is 2.46. The molecule has 0 spiro atoms. The van der Waals surface area contributed by atoms with Crippen LogP contribution in [0.1, 0.15) is 5.76 Å². The topological polar surface area (TPSA) is 136 Å². The Balaban J connectivity index is 2.25. The Morgan fingerprint density at radius 2 is 2.12 bits per heavy atom. The molecule has 1 saturated heterocycles. The highest BCUT2D eigenvalue weighted by Gasteiger charge is 2.43. The molecule has 1 aliphatic rings. The van der Waals surface area contributed by atoms with Crippen molar-refractivity contribution in [3.8, 4) is 0 Å². The normalized spacial score (nSPS) is 26.8. The van der Waals surface area contributed by atoms with E-state index in [4.69, 9.17) is 20.8 Å². The number of alkyl halides is 1. The van der Waals surface area contributed by atoms with Crippen molar-refractivity contribution >= 4 is 17.6 Å². The van der Waals surface area contributed by atoms with E-state index in [1.807, 2.05) is 0 Å². The summed E-state index contributed by atoms with van der Waals surface area (Å²) in [7, 11) is 0. The summed E-state index contributed by atoms with van der Waals surface area (Å²) in [6.07, 6.45) is -4.30. The number of nitrogens with zero attached hydrogens (tertiary/aromatic N) is 3. The molecule has 0 saturated carbocycles. The van der Waals surface area contributed by atoms with Crippen LogP contribution in [0.2, 0.25) is 0 Å². The fraction of sp³-hybridized carbons (Fsp3) is 0.615. The number of carbonyl (C=O) groups is 1. The number of urea groups is 1. The van der Waals surface area contributed by atoms with Gasteiger partial charge < -0.3 is 24.5 Å². The number of aliphatic hydroxyl groups is 3. The maximum atomic E-state index is 12.5. The van der Waals surface area contributed by atoms with Gasteiger partial charge in [0.05, 0.1) is 31.2 Å². The molecule has 1 aliphatic heterocycles. The Kier molecular flexibility index (Phi) is 6.52. The summed E-state index contributed by atoms with van der Waals surface area (Å²) in [6, 6.07) is 2.30. The first-order chi connectivity index (χ1) is 11.5. The maximum Gasteiger partial charge on any atom is 0.345 e. The highest BCUT2D eigenvalue weighted by atomic mass is 35.5. The number of ether oxygens (including phenoxy) is 1. The van der Waals surface area contributed by atoms with E-state index in [1.54, 1.807) is 12.1 Å². The SMILES string of the molecule is O=NN(CCCl)C(=O)N(Cc1ccco1)C1OC[C@@H](O)[C@@H](O)[C@H]1O. The van der Waals surface area contributed by atoms with Crippen molar-refractivity contribution in [2.45, 2.75) is 31.1 Å². The smallest absolute Gasteiger partial charge is 0.345 e. The van der Waals surface area contributed by atoms with Crippen LogP contribution in [0.15, 0.2) is 28.1 Å². The van der Waals surface area contributed by atoms with Gasteiger partial charge in [-0.25, -0.2) is 4.79 Å². The van der Waals surface area contributed by atoms with Crippen LogP contribution in [0.25, 0.3) is 0 Å². The van der Waals surface area contributed by atoms with Gasteiger partial charge in [0, 0.05) is 5.88 Å². The number of nitroso groups, excluding NO2 is 1. The molecule has 10 nitrogen and oxygen atoms in total. The number of amides is 2. The summed E-state index contributed by atoms with van der Waals surface area (Å²) >= 11 is 5.54. The minimum absolute atomic E-state index is 0.0263. The molecular formula is C13H18ClN3O7. The molecule has 1 aromatic heterocycles. The first-order valence-corrected chi connectivity index (χ1v) is 7.68. The molecule has 0 bridgehead atoms. The number of halogens is 1. The predicted octanol–water partition coefficient (Wildman–Crippen LogP) is -0.137. The Bertz CT molecular complexity index is 544. The van der Waals surface area contributed by atoms with Crippen molar-refractivity contribution in [1.82, 2.24) is 9.91 Å². The average molecular weight is 364 g/mol. The minimum atomic E-state index is -1.59. The van der Waals surface area contributed by atoms with Crippen molar-refractivity contribution in [2.24, 2.45) is 5.29 Å². The van der Waals surface area contributed by atoms with E-state index in [-0.39, 0.29) is 25.6 Å². The van der Waals surface area contributed by atoms with Crippen molar-refractivity contribution < 1.29 is 29.3 Å². The molecule has 1 fully saturated rings. The molecule has 0 radical (unpaired) electrons. The van der Waals surface area contributed by atoms with Gasteiger partial charge in [-0.3, -0.25) is 4.90 Å². The molecular weight excluding hydrogens is 346 g/mol. The highest BCUT2D eigenvalue weighted by Crippen LogP contribution is 2.22. The van der Waals surface area contributed by atoms with Gasteiger partial charge in [0.15, 0.2) is 6.23 Å². The van der Waals surface area contributed by atoms with Crippen LogP contribution in [0.3, 0.4) is 0 Å². The van der Waals surface area contributed by atoms with E-state index in [0.717, 1.165) is 4.90 Å². The molecule has 134 valence electrons. The largest absolute Gasteiger partial charge is 0.467 e. The van der Waals surface area contributed by atoms with Crippen LogP contribution in [0, 0.1) is 4.91 Å². The Labute approximate surface area is 142 Å². The van der Waals surface area contributed by atoms with Gasteiger partial charge in [0.25, 0.3) is 0 Å². The first kappa shape index (κ1) is 18.6. The predicted molar refractivity (Wildman–Crippen MR) is 80.6 cm³/mol.